The van der Waals surface area contributed by atoms with E-state index < -0.39 is 18.0 Å². The molecule has 0 spiro atoms. The molecule has 176 valence electrons. The maximum absolute atomic E-state index is 15.0. The van der Waals surface area contributed by atoms with Crippen molar-refractivity contribution < 1.29 is 28.3 Å². The lowest BCUT2D eigenvalue weighted by molar-refractivity contribution is -0.183. The zero-order valence-corrected chi connectivity index (χ0v) is 18.1. The molecule has 4 rings (SSSR count). The largest absolute Gasteiger partial charge is 0.444 e. The molecule has 1 aromatic carbocycles. The summed E-state index contributed by atoms with van der Waals surface area (Å²) in [7, 11) is 0. The van der Waals surface area contributed by atoms with Crippen molar-refractivity contribution in [1.29, 1.82) is 0 Å². The molecule has 3 heterocycles. The van der Waals surface area contributed by atoms with Crippen molar-refractivity contribution >= 4 is 29.2 Å². The molecule has 0 saturated carbocycles. The predicted octanol–water partition coefficient (Wildman–Crippen LogP) is 0.787. The van der Waals surface area contributed by atoms with E-state index in [4.69, 9.17) is 9.57 Å². The number of hydrogen-bond donors (Lipinski definition) is 0. The first kappa shape index (κ1) is 22.6. The van der Waals surface area contributed by atoms with Crippen LogP contribution >= 0.6 is 0 Å². The number of carbonyl (C=O) groups excluding carboxylic acids is 3. The van der Waals surface area contributed by atoms with Gasteiger partial charge in [0.2, 0.25) is 0 Å². The van der Waals surface area contributed by atoms with Gasteiger partial charge in [-0.05, 0) is 36.8 Å². The number of rotatable bonds is 7. The molecular weight excluding hydrogens is 437 g/mol. The highest BCUT2D eigenvalue weighted by Crippen LogP contribution is 2.29. The Labute approximate surface area is 188 Å². The van der Waals surface area contributed by atoms with Gasteiger partial charge in [-0.1, -0.05) is 0 Å². The summed E-state index contributed by atoms with van der Waals surface area (Å²) in [5.74, 6) is -0.812. The molecule has 1 aromatic heterocycles. The van der Waals surface area contributed by atoms with Crippen molar-refractivity contribution in [2.24, 2.45) is 0 Å². The average molecular weight is 461 g/mol. The van der Waals surface area contributed by atoms with Crippen molar-refractivity contribution in [3.63, 3.8) is 0 Å². The highest BCUT2D eigenvalue weighted by Gasteiger charge is 2.33. The van der Waals surface area contributed by atoms with Crippen molar-refractivity contribution in [1.82, 2.24) is 25.3 Å². The topological polar surface area (TPSA) is 123 Å². The van der Waals surface area contributed by atoms with Crippen LogP contribution in [0.4, 0.5) is 20.6 Å². The molecule has 2 fully saturated rings. The standard InChI is InChI=1S/C20H24FN7O5/c1-14(29)2-4-16-11-26(20(31)33-16)15-3-5-18(17(21)10-15)25-6-7-27(32-9-8-25)19(30)12-28-23-13-22-24-28/h3,5,10,13,16H,2,4,6-9,11-12H2,1H3/t16-/m0/s1. The third-order valence-electron chi connectivity index (χ3n) is 5.40. The van der Waals surface area contributed by atoms with Gasteiger partial charge in [0.1, 0.15) is 24.2 Å². The van der Waals surface area contributed by atoms with Gasteiger partial charge in [-0.15, -0.1) is 10.2 Å². The second kappa shape index (κ2) is 9.90. The number of carbonyl (C=O) groups is 3. The molecule has 33 heavy (non-hydrogen) atoms. The number of tetrazole rings is 1. The lowest BCUT2D eigenvalue weighted by Crippen LogP contribution is -2.37. The summed E-state index contributed by atoms with van der Waals surface area (Å²) in [4.78, 5) is 45.6. The number of ether oxygens (including phenoxy) is 1. The first-order valence-electron chi connectivity index (χ1n) is 10.6. The van der Waals surface area contributed by atoms with Crippen LogP contribution < -0.4 is 9.80 Å². The monoisotopic (exact) mass is 461 g/mol. The molecule has 2 amide bonds. The summed E-state index contributed by atoms with van der Waals surface area (Å²) in [5, 5.41) is 12.2. The lowest BCUT2D eigenvalue weighted by atomic mass is 10.1. The molecule has 0 bridgehead atoms. The van der Waals surface area contributed by atoms with E-state index in [1.54, 1.807) is 17.0 Å². The minimum atomic E-state index is -0.560. The smallest absolute Gasteiger partial charge is 0.414 e. The Morgan fingerprint density at radius 3 is 2.82 bits per heavy atom. The zero-order chi connectivity index (χ0) is 23.4. The van der Waals surface area contributed by atoms with Gasteiger partial charge in [0.05, 0.1) is 31.1 Å². The maximum atomic E-state index is 15.0. The molecule has 1 atom stereocenters. The molecular formula is C20H24FN7O5. The van der Waals surface area contributed by atoms with Gasteiger partial charge in [0.25, 0.3) is 5.91 Å². The molecule has 2 aliphatic rings. The van der Waals surface area contributed by atoms with Gasteiger partial charge < -0.3 is 14.4 Å². The van der Waals surface area contributed by atoms with Crippen LogP contribution in [0.15, 0.2) is 24.5 Å². The Morgan fingerprint density at radius 1 is 1.24 bits per heavy atom. The summed E-state index contributed by atoms with van der Waals surface area (Å²) in [6, 6.07) is 4.53. The Morgan fingerprint density at radius 2 is 2.09 bits per heavy atom. The van der Waals surface area contributed by atoms with Crippen LogP contribution in [0.3, 0.4) is 0 Å². The highest BCUT2D eigenvalue weighted by atomic mass is 19.1. The van der Waals surface area contributed by atoms with Gasteiger partial charge in [0.15, 0.2) is 6.33 Å². The minimum Gasteiger partial charge on any atom is -0.444 e. The summed E-state index contributed by atoms with van der Waals surface area (Å²) in [6.07, 6.45) is 1.04. The van der Waals surface area contributed by atoms with E-state index >= 15 is 0 Å². The molecule has 12 nitrogen and oxygen atoms in total. The maximum Gasteiger partial charge on any atom is 0.414 e. The number of ketones is 1. The van der Waals surface area contributed by atoms with E-state index in [2.05, 4.69) is 15.4 Å². The van der Waals surface area contributed by atoms with Gasteiger partial charge in [-0.25, -0.2) is 14.2 Å². The number of halogens is 1. The highest BCUT2D eigenvalue weighted by molar-refractivity contribution is 5.90. The first-order valence-corrected chi connectivity index (χ1v) is 10.6. The molecule has 2 saturated heterocycles. The first-order chi connectivity index (χ1) is 15.9. The predicted molar refractivity (Wildman–Crippen MR) is 112 cm³/mol. The van der Waals surface area contributed by atoms with Gasteiger partial charge in [-0.3, -0.25) is 14.5 Å². The number of aromatic nitrogens is 4. The van der Waals surface area contributed by atoms with Crippen LogP contribution in [-0.2, 0) is 25.7 Å². The average Bonchev–Trinajstić information content (AvgIpc) is 3.35. The Balaban J connectivity index is 1.37. The summed E-state index contributed by atoms with van der Waals surface area (Å²) < 4.78 is 20.3. The van der Waals surface area contributed by atoms with Gasteiger partial charge in [0, 0.05) is 19.5 Å². The fourth-order valence-corrected chi connectivity index (χ4v) is 3.71. The van der Waals surface area contributed by atoms with Crippen molar-refractivity contribution in [2.75, 3.05) is 42.6 Å². The Bertz CT molecular complexity index is 1020. The van der Waals surface area contributed by atoms with Gasteiger partial charge in [-0.2, -0.15) is 4.80 Å². The molecule has 2 aromatic rings. The number of anilines is 2. The number of benzene rings is 1. The van der Waals surface area contributed by atoms with Crippen LogP contribution in [0.1, 0.15) is 19.8 Å². The molecule has 0 N–H and O–H groups in total. The summed E-state index contributed by atoms with van der Waals surface area (Å²) in [5.41, 5.74) is 0.727. The van der Waals surface area contributed by atoms with E-state index in [1.807, 2.05) is 0 Å². The lowest BCUT2D eigenvalue weighted by Gasteiger charge is -2.23. The third-order valence-corrected chi connectivity index (χ3v) is 5.40. The van der Waals surface area contributed by atoms with Crippen LogP contribution in [0, 0.1) is 5.82 Å². The zero-order valence-electron chi connectivity index (χ0n) is 18.1. The number of hydrogen-bond acceptors (Lipinski definition) is 9. The number of Topliss-reactive ketones (excluding diaryl/α,β-unsaturated/α-hetero) is 1. The molecule has 0 unspecified atom stereocenters. The summed E-state index contributed by atoms with van der Waals surface area (Å²) in [6.45, 7) is 2.79. The van der Waals surface area contributed by atoms with Crippen LogP contribution in [-0.4, -0.2) is 81.9 Å². The molecule has 0 radical (unpaired) electrons. The summed E-state index contributed by atoms with van der Waals surface area (Å²) >= 11 is 0. The fourth-order valence-electron chi connectivity index (χ4n) is 3.71. The number of nitrogens with zero attached hydrogens (tertiary/aromatic N) is 7. The van der Waals surface area contributed by atoms with Crippen LogP contribution in [0.25, 0.3) is 0 Å². The quantitative estimate of drug-likeness (QED) is 0.589. The molecule has 0 aliphatic carbocycles. The van der Waals surface area contributed by atoms with E-state index in [1.165, 1.54) is 29.3 Å². The van der Waals surface area contributed by atoms with Crippen LogP contribution in [0.5, 0.6) is 0 Å². The van der Waals surface area contributed by atoms with Crippen molar-refractivity contribution in [3.8, 4) is 0 Å². The minimum absolute atomic E-state index is 0.0247. The number of hydroxylamine groups is 2. The SMILES string of the molecule is CC(=O)CC[C@H]1CN(c2ccc(N3CCON(C(=O)Cn4ncnn4)CC3)c(F)c2)C(=O)O1. The van der Waals surface area contributed by atoms with Crippen molar-refractivity contribution in [3.05, 3.63) is 30.3 Å². The van der Waals surface area contributed by atoms with E-state index in [0.717, 1.165) is 4.80 Å². The van der Waals surface area contributed by atoms with Gasteiger partial charge >= 0.3 is 6.09 Å². The number of cyclic esters (lactones) is 1. The molecule has 13 heteroatoms. The second-order valence-corrected chi connectivity index (χ2v) is 7.78. The Hall–Kier alpha value is -3.61. The van der Waals surface area contributed by atoms with E-state index in [-0.39, 0.29) is 37.9 Å². The number of amides is 2. The third kappa shape index (κ3) is 5.42. The molecule has 2 aliphatic heterocycles. The van der Waals surface area contributed by atoms with E-state index in [0.29, 0.717) is 37.3 Å². The van der Waals surface area contributed by atoms with Crippen LogP contribution in [0.2, 0.25) is 0 Å². The van der Waals surface area contributed by atoms with Crippen molar-refractivity contribution in [2.45, 2.75) is 32.4 Å². The normalized spacial score (nSPS) is 18.9. The second-order valence-electron chi connectivity index (χ2n) is 7.78. The van der Waals surface area contributed by atoms with E-state index in [9.17, 15) is 18.8 Å². The Kier molecular flexibility index (Phi) is 6.77. The fraction of sp³-hybridized carbons (Fsp3) is 0.500.